The van der Waals surface area contributed by atoms with Gasteiger partial charge in [0.2, 0.25) is 0 Å². The highest BCUT2D eigenvalue weighted by atomic mass is 14.3. The van der Waals surface area contributed by atoms with Crippen molar-refractivity contribution in [2.45, 2.75) is 0 Å². The van der Waals surface area contributed by atoms with Gasteiger partial charge in [-0.15, -0.1) is 0 Å². The highest BCUT2D eigenvalue weighted by molar-refractivity contribution is 6.28. The molecule has 0 heteroatoms. The SMILES string of the molecule is c1ccc(-c2ccc3c(-c4ccccc4)c4cc(-c5ccc6c(-c7ccccc7)c7c(c(-c8ccccc8)c6c5)-c5cccc6cccc-7c56)ccc4c(-c4ccccc4)c3c2)cc1. The predicted molar refractivity (Wildman–Crippen MR) is 274 cm³/mol. The zero-order chi connectivity index (χ0) is 42.1. The molecule has 0 bridgehead atoms. The van der Waals surface area contributed by atoms with Gasteiger partial charge in [-0.1, -0.05) is 224 Å². The minimum atomic E-state index is 1.19. The smallest absolute Gasteiger partial charge is 0.000741 e. The summed E-state index contributed by atoms with van der Waals surface area (Å²) < 4.78 is 0. The average Bonchev–Trinajstić information content (AvgIpc) is 3.70. The lowest BCUT2D eigenvalue weighted by molar-refractivity contribution is 1.61. The second-order valence-corrected chi connectivity index (χ2v) is 17.1. The lowest BCUT2D eigenvalue weighted by Crippen LogP contribution is -1.95. The quantitative estimate of drug-likeness (QED) is 0.147. The summed E-state index contributed by atoms with van der Waals surface area (Å²) in [6.45, 7) is 0. The molecular formula is C64H40. The van der Waals surface area contributed by atoms with Crippen LogP contribution in [0.5, 0.6) is 0 Å². The zero-order valence-corrected chi connectivity index (χ0v) is 35.1. The first-order valence-corrected chi connectivity index (χ1v) is 22.3. The number of hydrogen-bond acceptors (Lipinski definition) is 0. The first-order chi connectivity index (χ1) is 31.8. The van der Waals surface area contributed by atoms with Crippen LogP contribution in [-0.2, 0) is 0 Å². The van der Waals surface area contributed by atoms with Crippen LogP contribution in [0.2, 0.25) is 0 Å². The van der Waals surface area contributed by atoms with Crippen LogP contribution >= 0.6 is 0 Å². The number of rotatable bonds is 6. The molecule has 0 nitrogen and oxygen atoms in total. The molecule has 12 aromatic carbocycles. The molecular weight excluding hydrogens is 769 g/mol. The molecule has 0 atom stereocenters. The summed E-state index contributed by atoms with van der Waals surface area (Å²) in [5, 5.41) is 10.1. The van der Waals surface area contributed by atoms with E-state index >= 15 is 0 Å². The molecule has 0 radical (unpaired) electrons. The van der Waals surface area contributed by atoms with E-state index in [1.54, 1.807) is 0 Å². The monoisotopic (exact) mass is 808 g/mol. The highest BCUT2D eigenvalue weighted by Gasteiger charge is 2.30. The third-order valence-corrected chi connectivity index (χ3v) is 13.6. The molecule has 0 aliphatic heterocycles. The van der Waals surface area contributed by atoms with E-state index in [2.05, 4.69) is 243 Å². The van der Waals surface area contributed by atoms with Gasteiger partial charge in [-0.05, 0) is 150 Å². The third-order valence-electron chi connectivity index (χ3n) is 13.6. The van der Waals surface area contributed by atoms with E-state index in [9.17, 15) is 0 Å². The van der Waals surface area contributed by atoms with Gasteiger partial charge in [0.1, 0.15) is 0 Å². The van der Waals surface area contributed by atoms with Crippen LogP contribution < -0.4 is 0 Å². The van der Waals surface area contributed by atoms with Crippen LogP contribution in [0.15, 0.2) is 243 Å². The van der Waals surface area contributed by atoms with E-state index in [-0.39, 0.29) is 0 Å². The van der Waals surface area contributed by atoms with E-state index in [4.69, 9.17) is 0 Å². The number of hydrogen-bond donors (Lipinski definition) is 0. The number of benzene rings is 12. The third kappa shape index (κ3) is 5.63. The van der Waals surface area contributed by atoms with Crippen molar-refractivity contribution in [1.29, 1.82) is 0 Å². The topological polar surface area (TPSA) is 0 Å². The summed E-state index contributed by atoms with van der Waals surface area (Å²) in [7, 11) is 0. The highest BCUT2D eigenvalue weighted by Crippen LogP contribution is 2.58. The summed E-state index contributed by atoms with van der Waals surface area (Å²) in [6, 6.07) is 89.8. The molecule has 1 aliphatic rings. The summed E-state index contributed by atoms with van der Waals surface area (Å²) in [5.41, 5.74) is 20.1. The van der Waals surface area contributed by atoms with Crippen molar-refractivity contribution in [3.8, 4) is 89.0 Å². The van der Waals surface area contributed by atoms with Gasteiger partial charge in [0.25, 0.3) is 0 Å². The van der Waals surface area contributed by atoms with Crippen molar-refractivity contribution >= 4 is 43.1 Å². The minimum absolute atomic E-state index is 1.19. The first-order valence-electron chi connectivity index (χ1n) is 22.3. The fourth-order valence-electron chi connectivity index (χ4n) is 10.8. The van der Waals surface area contributed by atoms with Gasteiger partial charge in [0, 0.05) is 0 Å². The maximum Gasteiger partial charge on any atom is -0.000741 e. The van der Waals surface area contributed by atoms with E-state index < -0.39 is 0 Å². The zero-order valence-electron chi connectivity index (χ0n) is 35.1. The summed E-state index contributed by atoms with van der Waals surface area (Å²) >= 11 is 0. The van der Waals surface area contributed by atoms with Gasteiger partial charge in [0.05, 0.1) is 0 Å². The van der Waals surface area contributed by atoms with Gasteiger partial charge >= 0.3 is 0 Å². The molecule has 0 saturated carbocycles. The fourth-order valence-corrected chi connectivity index (χ4v) is 10.8. The van der Waals surface area contributed by atoms with E-state index in [0.717, 1.165) is 0 Å². The molecule has 0 saturated heterocycles. The van der Waals surface area contributed by atoms with Gasteiger partial charge in [0.15, 0.2) is 0 Å². The van der Waals surface area contributed by atoms with Crippen molar-refractivity contribution in [2.75, 3.05) is 0 Å². The Hall–Kier alpha value is -8.32. The first kappa shape index (κ1) is 36.3. The Morgan fingerprint density at radius 1 is 0.172 bits per heavy atom. The van der Waals surface area contributed by atoms with Crippen molar-refractivity contribution in [3.05, 3.63) is 243 Å². The Kier molecular flexibility index (Phi) is 8.32. The van der Waals surface area contributed by atoms with E-state index in [1.165, 1.54) is 132 Å². The Morgan fingerprint density at radius 2 is 0.484 bits per heavy atom. The Labute approximate surface area is 373 Å². The molecule has 1 aliphatic carbocycles. The Bertz CT molecular complexity index is 3770. The molecule has 12 aromatic rings. The number of fused-ring (bicyclic) bond motifs is 6. The van der Waals surface area contributed by atoms with Crippen LogP contribution in [0, 0.1) is 0 Å². The fraction of sp³-hybridized carbons (Fsp3) is 0. The largest absolute Gasteiger partial charge is 0.0622 e. The molecule has 0 fully saturated rings. The maximum absolute atomic E-state index is 2.47. The molecule has 296 valence electrons. The standard InChI is InChI=1S/C64H40/c1-6-18-41(19-7-1)47-32-35-50-55(38-47)58(42-20-8-2-9-21-42)51-36-33-48(39-56(51)59(50)43-22-10-3-11-23-43)49-34-37-52-57(40-49)62(46-26-14-5-15-27-46)64-54-31-17-29-44-28-16-30-53(60(44)54)63(64)61(52)45-24-12-4-13-25-45/h1-40H. The predicted octanol–water partition coefficient (Wildman–Crippen LogP) is 17.9. The van der Waals surface area contributed by atoms with Crippen molar-refractivity contribution < 1.29 is 0 Å². The molecule has 0 N–H and O–H groups in total. The molecule has 64 heavy (non-hydrogen) atoms. The normalized spacial score (nSPS) is 11.8. The average molecular weight is 809 g/mol. The Balaban J connectivity index is 1.13. The van der Waals surface area contributed by atoms with Gasteiger partial charge in [-0.2, -0.15) is 0 Å². The van der Waals surface area contributed by atoms with Gasteiger partial charge in [-0.25, -0.2) is 0 Å². The van der Waals surface area contributed by atoms with E-state index in [0.29, 0.717) is 0 Å². The van der Waals surface area contributed by atoms with Gasteiger partial charge in [-0.3, -0.25) is 0 Å². The van der Waals surface area contributed by atoms with Crippen LogP contribution in [0.25, 0.3) is 132 Å². The molecule has 0 unspecified atom stereocenters. The molecule has 0 heterocycles. The van der Waals surface area contributed by atoms with Gasteiger partial charge < -0.3 is 0 Å². The summed E-state index contributed by atoms with van der Waals surface area (Å²) in [4.78, 5) is 0. The van der Waals surface area contributed by atoms with Crippen molar-refractivity contribution in [3.63, 3.8) is 0 Å². The summed E-state index contributed by atoms with van der Waals surface area (Å²) in [6.07, 6.45) is 0. The second-order valence-electron chi connectivity index (χ2n) is 17.1. The van der Waals surface area contributed by atoms with Crippen molar-refractivity contribution in [1.82, 2.24) is 0 Å². The van der Waals surface area contributed by atoms with Crippen LogP contribution in [0.4, 0.5) is 0 Å². The van der Waals surface area contributed by atoms with Crippen LogP contribution in [0.1, 0.15) is 0 Å². The Morgan fingerprint density at radius 3 is 0.891 bits per heavy atom. The maximum atomic E-state index is 2.47. The summed E-state index contributed by atoms with van der Waals surface area (Å²) in [5.74, 6) is 0. The minimum Gasteiger partial charge on any atom is -0.0622 e. The second kappa shape index (κ2) is 14.7. The van der Waals surface area contributed by atoms with Crippen molar-refractivity contribution in [2.24, 2.45) is 0 Å². The van der Waals surface area contributed by atoms with E-state index in [1.807, 2.05) is 0 Å². The lowest BCUT2D eigenvalue weighted by atomic mass is 9.81. The molecule has 0 spiro atoms. The lowest BCUT2D eigenvalue weighted by Gasteiger charge is -2.22. The van der Waals surface area contributed by atoms with Crippen LogP contribution in [-0.4, -0.2) is 0 Å². The molecule has 0 aromatic heterocycles. The van der Waals surface area contributed by atoms with Crippen LogP contribution in [0.3, 0.4) is 0 Å². The molecule has 13 rings (SSSR count). The molecule has 0 amide bonds.